The number of hydrogen-bond donors (Lipinski definition) is 0. The van der Waals surface area contributed by atoms with Gasteiger partial charge in [0.15, 0.2) is 0 Å². The Labute approximate surface area is 139 Å². The molecule has 0 spiro atoms. The average molecular weight is 319 g/mol. The van der Waals surface area contributed by atoms with Gasteiger partial charge in [-0.3, -0.25) is 0 Å². The van der Waals surface area contributed by atoms with Crippen LogP contribution in [-0.4, -0.2) is 24.4 Å². The fourth-order valence-electron chi connectivity index (χ4n) is 3.21. The molecule has 0 N–H and O–H groups in total. The topological polar surface area (TPSA) is 47.9 Å². The highest BCUT2D eigenvalue weighted by atomic mass is 16.7. The Hall–Kier alpha value is -2.88. The Bertz CT molecular complexity index is 907. The van der Waals surface area contributed by atoms with Gasteiger partial charge in [0, 0.05) is 12.0 Å². The molecule has 0 bridgehead atoms. The predicted octanol–water partition coefficient (Wildman–Crippen LogP) is 4.05. The lowest BCUT2D eigenvalue weighted by Crippen LogP contribution is -2.23. The zero-order valence-electron chi connectivity index (χ0n) is 13.4. The third-order valence-corrected chi connectivity index (χ3v) is 4.28. The van der Waals surface area contributed by atoms with E-state index >= 15 is 0 Å². The monoisotopic (exact) mass is 319 g/mol. The van der Waals surface area contributed by atoms with Gasteiger partial charge in [0.05, 0.1) is 12.3 Å². The number of nitrogens with zero attached hydrogens (tertiary/aromatic N) is 1. The second-order valence-electron chi connectivity index (χ2n) is 5.78. The number of ether oxygens (including phenoxy) is 1. The number of carbonyl (C=O) groups excluding carboxylic acids is 1. The van der Waals surface area contributed by atoms with E-state index in [1.54, 1.807) is 6.92 Å². The van der Waals surface area contributed by atoms with Crippen LogP contribution in [0.25, 0.3) is 21.5 Å². The highest BCUT2D eigenvalue weighted by Crippen LogP contribution is 2.32. The smallest absolute Gasteiger partial charge is 0.350 e. The Morgan fingerprint density at radius 2 is 1.75 bits per heavy atom. The first kappa shape index (κ1) is 14.7. The highest BCUT2D eigenvalue weighted by molar-refractivity contribution is 6.21. The maximum Gasteiger partial charge on any atom is 0.350 e. The number of hydrogen-bond acceptors (Lipinski definition) is 4. The van der Waals surface area contributed by atoms with Crippen LogP contribution in [0.2, 0.25) is 0 Å². The van der Waals surface area contributed by atoms with Crippen molar-refractivity contribution in [2.45, 2.75) is 19.4 Å². The number of oxime groups is 1. The SMILES string of the molecule is CCOC(=O)C1CC(c2c3ccccc3cc3ccccc23)=NO1. The molecule has 0 saturated carbocycles. The van der Waals surface area contributed by atoms with Gasteiger partial charge in [0.25, 0.3) is 0 Å². The fraction of sp³-hybridized carbons (Fsp3) is 0.200. The van der Waals surface area contributed by atoms with Gasteiger partial charge in [-0.2, -0.15) is 0 Å². The normalized spacial score (nSPS) is 16.9. The van der Waals surface area contributed by atoms with E-state index in [1.165, 1.54) is 0 Å². The third-order valence-electron chi connectivity index (χ3n) is 4.28. The van der Waals surface area contributed by atoms with E-state index in [1.807, 2.05) is 24.3 Å². The summed E-state index contributed by atoms with van der Waals surface area (Å²) in [6, 6.07) is 18.6. The average Bonchev–Trinajstić information content (AvgIpc) is 3.09. The Balaban J connectivity index is 1.85. The molecule has 3 aromatic carbocycles. The van der Waals surface area contributed by atoms with Crippen molar-refractivity contribution in [2.24, 2.45) is 5.16 Å². The van der Waals surface area contributed by atoms with Crippen LogP contribution in [0.3, 0.4) is 0 Å². The molecule has 0 radical (unpaired) electrons. The zero-order chi connectivity index (χ0) is 16.5. The lowest BCUT2D eigenvalue weighted by Gasteiger charge is -2.11. The summed E-state index contributed by atoms with van der Waals surface area (Å²) in [4.78, 5) is 17.3. The quantitative estimate of drug-likeness (QED) is 0.540. The molecule has 1 unspecified atom stereocenters. The maximum absolute atomic E-state index is 11.9. The predicted molar refractivity (Wildman–Crippen MR) is 94.1 cm³/mol. The molecule has 0 aromatic heterocycles. The molecular weight excluding hydrogens is 302 g/mol. The summed E-state index contributed by atoms with van der Waals surface area (Å²) in [5.74, 6) is -0.360. The van der Waals surface area contributed by atoms with Crippen molar-refractivity contribution < 1.29 is 14.4 Å². The molecule has 0 fully saturated rings. The summed E-state index contributed by atoms with van der Waals surface area (Å²) in [5, 5.41) is 8.73. The van der Waals surface area contributed by atoms with E-state index in [-0.39, 0.29) is 5.97 Å². The van der Waals surface area contributed by atoms with Gasteiger partial charge in [-0.25, -0.2) is 4.79 Å². The lowest BCUT2D eigenvalue weighted by atomic mass is 9.92. The van der Waals surface area contributed by atoms with Gasteiger partial charge in [-0.1, -0.05) is 53.7 Å². The molecule has 4 rings (SSSR count). The number of rotatable bonds is 3. The van der Waals surface area contributed by atoms with E-state index in [4.69, 9.17) is 9.57 Å². The van der Waals surface area contributed by atoms with Crippen molar-refractivity contribution >= 4 is 33.2 Å². The Kier molecular flexibility index (Phi) is 3.65. The number of esters is 1. The van der Waals surface area contributed by atoms with Crippen LogP contribution in [0, 0.1) is 0 Å². The van der Waals surface area contributed by atoms with E-state index in [0.717, 1.165) is 32.8 Å². The van der Waals surface area contributed by atoms with Crippen LogP contribution in [0.4, 0.5) is 0 Å². The van der Waals surface area contributed by atoms with Gasteiger partial charge < -0.3 is 9.57 Å². The molecule has 0 amide bonds. The minimum atomic E-state index is -0.655. The first-order chi connectivity index (χ1) is 11.8. The molecule has 120 valence electrons. The molecule has 0 aliphatic carbocycles. The van der Waals surface area contributed by atoms with E-state index in [2.05, 4.69) is 35.5 Å². The Morgan fingerprint density at radius 1 is 1.12 bits per heavy atom. The summed E-state index contributed by atoms with van der Waals surface area (Å²) < 4.78 is 5.05. The number of fused-ring (bicyclic) bond motifs is 2. The second-order valence-corrected chi connectivity index (χ2v) is 5.78. The maximum atomic E-state index is 11.9. The molecule has 4 nitrogen and oxygen atoms in total. The van der Waals surface area contributed by atoms with Gasteiger partial charge >= 0.3 is 5.97 Å². The summed E-state index contributed by atoms with van der Waals surface area (Å²) in [5.41, 5.74) is 1.83. The Morgan fingerprint density at radius 3 is 2.38 bits per heavy atom. The van der Waals surface area contributed by atoms with Crippen molar-refractivity contribution in [3.63, 3.8) is 0 Å². The summed E-state index contributed by atoms with van der Waals surface area (Å²) >= 11 is 0. The van der Waals surface area contributed by atoms with Crippen LogP contribution < -0.4 is 0 Å². The highest BCUT2D eigenvalue weighted by Gasteiger charge is 2.31. The van der Waals surface area contributed by atoms with Crippen LogP contribution >= 0.6 is 0 Å². The van der Waals surface area contributed by atoms with Crippen LogP contribution in [-0.2, 0) is 14.4 Å². The lowest BCUT2D eigenvalue weighted by molar-refractivity contribution is -0.154. The molecule has 0 saturated heterocycles. The first-order valence-corrected chi connectivity index (χ1v) is 8.08. The zero-order valence-corrected chi connectivity index (χ0v) is 13.4. The fourth-order valence-corrected chi connectivity index (χ4v) is 3.21. The van der Waals surface area contributed by atoms with Crippen molar-refractivity contribution in [1.82, 2.24) is 0 Å². The number of carbonyl (C=O) groups is 1. The third kappa shape index (κ3) is 2.40. The van der Waals surface area contributed by atoms with Crippen molar-refractivity contribution in [2.75, 3.05) is 6.61 Å². The molecule has 1 heterocycles. The van der Waals surface area contributed by atoms with E-state index in [9.17, 15) is 4.79 Å². The second kappa shape index (κ2) is 5.96. The molecule has 1 aliphatic rings. The van der Waals surface area contributed by atoms with E-state index in [0.29, 0.717) is 13.0 Å². The van der Waals surface area contributed by atoms with Crippen LogP contribution in [0.15, 0.2) is 59.8 Å². The van der Waals surface area contributed by atoms with Crippen LogP contribution in [0.5, 0.6) is 0 Å². The van der Waals surface area contributed by atoms with Crippen LogP contribution in [0.1, 0.15) is 18.9 Å². The minimum absolute atomic E-state index is 0.339. The molecule has 3 aromatic rings. The van der Waals surface area contributed by atoms with Crippen molar-refractivity contribution in [1.29, 1.82) is 0 Å². The van der Waals surface area contributed by atoms with Gasteiger partial charge in [-0.15, -0.1) is 0 Å². The van der Waals surface area contributed by atoms with Gasteiger partial charge in [-0.05, 0) is 34.5 Å². The number of benzene rings is 3. The molecule has 24 heavy (non-hydrogen) atoms. The van der Waals surface area contributed by atoms with Gasteiger partial charge in [0.2, 0.25) is 6.10 Å². The molecule has 1 atom stereocenters. The summed E-state index contributed by atoms with van der Waals surface area (Å²) in [6.07, 6.45) is -0.228. The van der Waals surface area contributed by atoms with E-state index < -0.39 is 6.10 Å². The largest absolute Gasteiger partial charge is 0.463 e. The summed E-state index contributed by atoms with van der Waals surface area (Å²) in [7, 11) is 0. The summed E-state index contributed by atoms with van der Waals surface area (Å²) in [6.45, 7) is 2.12. The standard InChI is InChI=1S/C20H17NO3/c1-2-23-20(22)18-12-17(21-24-18)19-15-9-5-3-7-13(15)11-14-8-4-6-10-16(14)19/h3-11,18H,2,12H2,1H3. The van der Waals surface area contributed by atoms with Crippen molar-refractivity contribution in [3.05, 3.63) is 60.2 Å². The molecular formula is C20H17NO3. The van der Waals surface area contributed by atoms with Gasteiger partial charge in [0.1, 0.15) is 0 Å². The first-order valence-electron chi connectivity index (χ1n) is 8.08. The molecule has 4 heteroatoms. The van der Waals surface area contributed by atoms with Crippen molar-refractivity contribution in [3.8, 4) is 0 Å². The molecule has 1 aliphatic heterocycles. The minimum Gasteiger partial charge on any atom is -0.463 e.